The SMILES string of the molecule is CC(C)(C)C(O)C(Cl)(I)S(C)(=O)=O. The quantitative estimate of drug-likeness (QED) is 0.616. The van der Waals surface area contributed by atoms with E-state index in [1.165, 1.54) is 0 Å². The summed E-state index contributed by atoms with van der Waals surface area (Å²) in [4.78, 5) is 0. The molecule has 13 heavy (non-hydrogen) atoms. The third kappa shape index (κ3) is 3.21. The van der Waals surface area contributed by atoms with Crippen LogP contribution in [0.1, 0.15) is 20.8 Å². The topological polar surface area (TPSA) is 54.4 Å². The Hall–Kier alpha value is 0.930. The second-order valence-corrected chi connectivity index (χ2v) is 10.2. The molecule has 1 N–H and O–H groups in total. The Kier molecular flexibility index (Phi) is 4.10. The highest BCUT2D eigenvalue weighted by Crippen LogP contribution is 2.41. The zero-order valence-electron chi connectivity index (χ0n) is 8.01. The molecule has 3 nitrogen and oxygen atoms in total. The Morgan fingerprint density at radius 2 is 1.69 bits per heavy atom. The third-order valence-electron chi connectivity index (χ3n) is 1.63. The Morgan fingerprint density at radius 1 is 1.38 bits per heavy atom. The first-order valence-corrected chi connectivity index (χ1v) is 7.01. The van der Waals surface area contributed by atoms with Crippen LogP contribution in [-0.4, -0.2) is 28.1 Å². The highest BCUT2D eigenvalue weighted by atomic mass is 127. The van der Waals surface area contributed by atoms with Gasteiger partial charge < -0.3 is 5.11 Å². The number of hydrogen-bond acceptors (Lipinski definition) is 3. The number of alkyl halides is 2. The van der Waals surface area contributed by atoms with Crippen molar-refractivity contribution in [2.24, 2.45) is 5.41 Å². The smallest absolute Gasteiger partial charge is 0.221 e. The summed E-state index contributed by atoms with van der Waals surface area (Å²) < 4.78 is 20.8. The van der Waals surface area contributed by atoms with Crippen molar-refractivity contribution in [3.63, 3.8) is 0 Å². The van der Waals surface area contributed by atoms with Crippen LogP contribution in [0.15, 0.2) is 0 Å². The highest BCUT2D eigenvalue weighted by molar-refractivity contribution is 14.1. The first-order valence-electron chi connectivity index (χ1n) is 3.66. The van der Waals surface area contributed by atoms with E-state index in [1.807, 2.05) is 0 Å². The second kappa shape index (κ2) is 3.83. The summed E-state index contributed by atoms with van der Waals surface area (Å²) in [6.07, 6.45) is -0.0984. The fourth-order valence-corrected chi connectivity index (χ4v) is 2.73. The summed E-state index contributed by atoms with van der Waals surface area (Å²) in [5.41, 5.74) is -0.563. The summed E-state index contributed by atoms with van der Waals surface area (Å²) >= 11 is 7.36. The van der Waals surface area contributed by atoms with Crippen LogP contribution in [0.2, 0.25) is 0 Å². The van der Waals surface area contributed by atoms with Gasteiger partial charge in [-0.3, -0.25) is 0 Å². The molecule has 0 saturated carbocycles. The fraction of sp³-hybridized carbons (Fsp3) is 1.00. The molecule has 0 bridgehead atoms. The summed E-state index contributed by atoms with van der Waals surface area (Å²) in [6.45, 7) is 5.20. The minimum atomic E-state index is -3.48. The molecular weight excluding hydrogens is 326 g/mol. The van der Waals surface area contributed by atoms with Gasteiger partial charge in [0.25, 0.3) is 0 Å². The Balaban J connectivity index is 5.09. The Morgan fingerprint density at radius 3 is 1.77 bits per heavy atom. The van der Waals surface area contributed by atoms with Crippen molar-refractivity contribution in [3.05, 3.63) is 0 Å². The van der Waals surface area contributed by atoms with Gasteiger partial charge in [-0.25, -0.2) is 8.42 Å². The van der Waals surface area contributed by atoms with Gasteiger partial charge in [-0.1, -0.05) is 32.4 Å². The molecule has 0 heterocycles. The van der Waals surface area contributed by atoms with Crippen molar-refractivity contribution in [3.8, 4) is 0 Å². The van der Waals surface area contributed by atoms with Crippen molar-refractivity contribution in [1.82, 2.24) is 0 Å². The van der Waals surface area contributed by atoms with Gasteiger partial charge in [0, 0.05) is 6.26 Å². The molecule has 0 aromatic carbocycles. The van der Waals surface area contributed by atoms with Gasteiger partial charge in [0.2, 0.25) is 2.21 Å². The second-order valence-electron chi connectivity index (χ2n) is 4.10. The van der Waals surface area contributed by atoms with Gasteiger partial charge in [-0.2, -0.15) is 0 Å². The monoisotopic (exact) mass is 340 g/mol. The molecule has 2 unspecified atom stereocenters. The van der Waals surface area contributed by atoms with E-state index in [4.69, 9.17) is 11.6 Å². The van der Waals surface area contributed by atoms with Gasteiger partial charge in [0.15, 0.2) is 9.84 Å². The highest BCUT2D eigenvalue weighted by Gasteiger charge is 2.48. The number of aliphatic hydroxyl groups excluding tert-OH is 1. The van der Waals surface area contributed by atoms with E-state index in [2.05, 4.69) is 0 Å². The lowest BCUT2D eigenvalue weighted by molar-refractivity contribution is 0.0713. The molecule has 0 amide bonds. The Bertz CT molecular complexity index is 279. The zero-order valence-corrected chi connectivity index (χ0v) is 11.7. The van der Waals surface area contributed by atoms with Crippen molar-refractivity contribution in [1.29, 1.82) is 0 Å². The van der Waals surface area contributed by atoms with Crippen LogP contribution < -0.4 is 0 Å². The molecule has 0 rings (SSSR count). The molecule has 0 saturated heterocycles. The lowest BCUT2D eigenvalue weighted by atomic mass is 9.90. The van der Waals surface area contributed by atoms with Crippen molar-refractivity contribution in [2.75, 3.05) is 6.26 Å². The standard InChI is InChI=1S/C7H14ClIO3S/c1-6(2,3)5(10)7(8,9)13(4,11)12/h5,10H,1-4H3. The number of rotatable bonds is 2. The third-order valence-corrected chi connectivity index (χ3v) is 6.88. The average Bonchev–Trinajstić information content (AvgIpc) is 1.81. The van der Waals surface area contributed by atoms with E-state index in [-0.39, 0.29) is 0 Å². The maximum absolute atomic E-state index is 11.2. The minimum absolute atomic E-state index is 0.563. The van der Waals surface area contributed by atoms with E-state index >= 15 is 0 Å². The summed E-state index contributed by atoms with van der Waals surface area (Å²) in [5, 5.41) is 9.73. The average molecular weight is 341 g/mol. The van der Waals surface area contributed by atoms with Crippen molar-refractivity contribution >= 4 is 44.0 Å². The van der Waals surface area contributed by atoms with Crippen LogP contribution in [0.5, 0.6) is 0 Å². The lowest BCUT2D eigenvalue weighted by Crippen LogP contribution is -2.45. The maximum atomic E-state index is 11.2. The van der Waals surface area contributed by atoms with E-state index < -0.39 is 23.6 Å². The molecule has 0 aromatic rings. The Labute approximate surface area is 97.9 Å². The molecule has 80 valence electrons. The van der Waals surface area contributed by atoms with E-state index in [0.29, 0.717) is 0 Å². The van der Waals surface area contributed by atoms with Gasteiger partial charge >= 0.3 is 0 Å². The number of sulfone groups is 1. The first kappa shape index (κ1) is 13.9. The van der Waals surface area contributed by atoms with Crippen molar-refractivity contribution in [2.45, 2.75) is 29.1 Å². The van der Waals surface area contributed by atoms with Crippen LogP contribution in [0.4, 0.5) is 0 Å². The molecule has 0 aromatic heterocycles. The minimum Gasteiger partial charge on any atom is -0.389 e. The molecular formula is C7H14ClIO3S. The van der Waals surface area contributed by atoms with Gasteiger partial charge in [0.1, 0.15) is 6.10 Å². The fourth-order valence-electron chi connectivity index (χ4n) is 0.707. The van der Waals surface area contributed by atoms with Crippen LogP contribution in [0, 0.1) is 5.41 Å². The van der Waals surface area contributed by atoms with Gasteiger partial charge in [-0.15, -0.1) is 0 Å². The normalized spacial score (nSPS) is 20.8. The van der Waals surface area contributed by atoms with Crippen LogP contribution in [0.25, 0.3) is 0 Å². The van der Waals surface area contributed by atoms with Crippen LogP contribution in [-0.2, 0) is 9.84 Å². The predicted molar refractivity (Wildman–Crippen MR) is 62.9 cm³/mol. The van der Waals surface area contributed by atoms with E-state index in [0.717, 1.165) is 6.26 Å². The molecule has 0 fully saturated rings. The maximum Gasteiger partial charge on any atom is 0.221 e. The molecule has 0 aliphatic rings. The summed E-state index contributed by atoms with van der Waals surface area (Å²) in [7, 11) is -3.48. The van der Waals surface area contributed by atoms with Crippen LogP contribution in [0.3, 0.4) is 0 Å². The van der Waals surface area contributed by atoms with E-state index in [1.54, 1.807) is 43.4 Å². The van der Waals surface area contributed by atoms with Gasteiger partial charge in [0.05, 0.1) is 0 Å². The zero-order chi connectivity index (χ0) is 11.1. The number of hydrogen-bond donors (Lipinski definition) is 1. The summed E-state index contributed by atoms with van der Waals surface area (Å²) in [6, 6.07) is 0. The van der Waals surface area contributed by atoms with Gasteiger partial charge in [-0.05, 0) is 28.0 Å². The number of aliphatic hydroxyl groups is 1. The molecule has 0 radical (unpaired) electrons. The number of halogens is 2. The molecule has 0 spiro atoms. The van der Waals surface area contributed by atoms with E-state index in [9.17, 15) is 13.5 Å². The van der Waals surface area contributed by atoms with Crippen molar-refractivity contribution < 1.29 is 13.5 Å². The molecule has 0 aliphatic heterocycles. The lowest BCUT2D eigenvalue weighted by Gasteiger charge is -2.34. The molecule has 2 atom stereocenters. The largest absolute Gasteiger partial charge is 0.389 e. The first-order chi connectivity index (χ1) is 5.40. The van der Waals surface area contributed by atoms with Crippen LogP contribution >= 0.6 is 34.2 Å². The predicted octanol–water partition coefficient (Wildman–Crippen LogP) is 1.77. The molecule has 6 heteroatoms. The molecule has 0 aliphatic carbocycles. The summed E-state index contributed by atoms with van der Waals surface area (Å²) in [5.74, 6) is 0.